The van der Waals surface area contributed by atoms with Gasteiger partial charge in [0.25, 0.3) is 5.91 Å². The fourth-order valence-electron chi connectivity index (χ4n) is 2.55. The van der Waals surface area contributed by atoms with Gasteiger partial charge >= 0.3 is 0 Å². The van der Waals surface area contributed by atoms with Crippen molar-refractivity contribution in [2.24, 2.45) is 5.92 Å². The molecule has 1 fully saturated rings. The summed E-state index contributed by atoms with van der Waals surface area (Å²) in [5, 5.41) is 2.74. The van der Waals surface area contributed by atoms with Crippen molar-refractivity contribution in [2.45, 2.75) is 19.8 Å². The molecule has 1 aliphatic heterocycles. The maximum Gasteiger partial charge on any atom is 0.291 e. The Morgan fingerprint density at radius 1 is 1.32 bits per heavy atom. The molecule has 1 aliphatic rings. The van der Waals surface area contributed by atoms with Crippen LogP contribution in [-0.4, -0.2) is 24.0 Å². The monoisotopic (exact) mass is 300 g/mol. The van der Waals surface area contributed by atoms with Gasteiger partial charge in [-0.1, -0.05) is 6.92 Å². The molecule has 0 bridgehead atoms. The third-order valence-corrected chi connectivity index (χ3v) is 3.96. The van der Waals surface area contributed by atoms with Gasteiger partial charge in [-0.3, -0.25) is 4.79 Å². The number of nitrogens with one attached hydrogen (secondary N) is 1. The van der Waals surface area contributed by atoms with E-state index in [0.717, 1.165) is 24.8 Å². The van der Waals surface area contributed by atoms with Crippen molar-refractivity contribution in [2.75, 3.05) is 29.0 Å². The third kappa shape index (κ3) is 3.21. The second kappa shape index (κ2) is 6.09. The van der Waals surface area contributed by atoms with E-state index in [1.54, 1.807) is 18.3 Å². The van der Waals surface area contributed by atoms with Gasteiger partial charge in [0.15, 0.2) is 11.6 Å². The van der Waals surface area contributed by atoms with Crippen LogP contribution in [0.4, 0.5) is 17.4 Å². The first-order chi connectivity index (χ1) is 10.6. The average molecular weight is 300 g/mol. The number of furan rings is 1. The molecule has 1 saturated heterocycles. The second-order valence-electron chi connectivity index (χ2n) is 5.73. The maximum atomic E-state index is 12.0. The topological polar surface area (TPSA) is 84.4 Å². The molecule has 0 atom stereocenters. The van der Waals surface area contributed by atoms with Crippen LogP contribution in [-0.2, 0) is 0 Å². The van der Waals surface area contributed by atoms with Gasteiger partial charge in [0, 0.05) is 19.2 Å². The van der Waals surface area contributed by atoms with Crippen molar-refractivity contribution in [1.82, 2.24) is 4.98 Å². The minimum atomic E-state index is -0.335. The summed E-state index contributed by atoms with van der Waals surface area (Å²) in [5.74, 6) is 1.81. The predicted octanol–water partition coefficient (Wildman–Crippen LogP) is 2.75. The second-order valence-corrected chi connectivity index (χ2v) is 5.73. The summed E-state index contributed by atoms with van der Waals surface area (Å²) < 4.78 is 5.08. The lowest BCUT2D eigenvalue weighted by molar-refractivity contribution is 0.0997. The first-order valence-electron chi connectivity index (χ1n) is 7.49. The number of nitrogens with two attached hydrogens (primary N) is 1. The minimum Gasteiger partial charge on any atom is -0.436 e. The summed E-state index contributed by atoms with van der Waals surface area (Å²) in [6.07, 6.45) is 4.05. The van der Waals surface area contributed by atoms with Crippen LogP contribution in [0.25, 0.3) is 0 Å². The summed E-state index contributed by atoms with van der Waals surface area (Å²) >= 11 is 0. The summed E-state index contributed by atoms with van der Waals surface area (Å²) in [7, 11) is 0. The SMILES string of the molecule is CC1CCN(c2ccc(NC(=O)c3ccc(N)o3)cn2)CC1. The van der Waals surface area contributed by atoms with Crippen molar-refractivity contribution in [3.05, 3.63) is 36.2 Å². The molecule has 3 N–H and O–H groups in total. The van der Waals surface area contributed by atoms with E-state index in [1.165, 1.54) is 12.8 Å². The van der Waals surface area contributed by atoms with Crippen molar-refractivity contribution in [3.63, 3.8) is 0 Å². The lowest BCUT2D eigenvalue weighted by Gasteiger charge is -2.31. The number of pyridine rings is 1. The Morgan fingerprint density at radius 3 is 2.68 bits per heavy atom. The van der Waals surface area contributed by atoms with Crippen LogP contribution >= 0.6 is 0 Å². The lowest BCUT2D eigenvalue weighted by Crippen LogP contribution is -2.33. The number of anilines is 3. The van der Waals surface area contributed by atoms with Gasteiger partial charge in [0.05, 0.1) is 11.9 Å². The van der Waals surface area contributed by atoms with Crippen molar-refractivity contribution < 1.29 is 9.21 Å². The fourth-order valence-corrected chi connectivity index (χ4v) is 2.55. The van der Waals surface area contributed by atoms with Crippen LogP contribution in [0, 0.1) is 5.92 Å². The van der Waals surface area contributed by atoms with E-state index >= 15 is 0 Å². The Labute approximate surface area is 129 Å². The Hall–Kier alpha value is -2.50. The number of nitrogens with zero attached hydrogens (tertiary/aromatic N) is 2. The number of carbonyl (C=O) groups is 1. The highest BCUT2D eigenvalue weighted by Crippen LogP contribution is 2.22. The van der Waals surface area contributed by atoms with Gasteiger partial charge < -0.3 is 20.4 Å². The van der Waals surface area contributed by atoms with Crippen molar-refractivity contribution >= 4 is 23.3 Å². The molecule has 0 saturated carbocycles. The largest absolute Gasteiger partial charge is 0.436 e. The summed E-state index contributed by atoms with van der Waals surface area (Å²) in [6, 6.07) is 6.88. The summed E-state index contributed by atoms with van der Waals surface area (Å²) in [5.41, 5.74) is 6.09. The molecule has 0 unspecified atom stereocenters. The number of aromatic nitrogens is 1. The molecule has 0 aliphatic carbocycles. The Bertz CT molecular complexity index is 642. The van der Waals surface area contributed by atoms with Crippen LogP contribution in [0.5, 0.6) is 0 Å². The van der Waals surface area contributed by atoms with Crippen molar-refractivity contribution in [3.8, 4) is 0 Å². The molecule has 0 spiro atoms. The predicted molar refractivity (Wildman–Crippen MR) is 85.9 cm³/mol. The quantitative estimate of drug-likeness (QED) is 0.910. The highest BCUT2D eigenvalue weighted by molar-refractivity contribution is 6.02. The molecule has 6 heteroatoms. The van der Waals surface area contributed by atoms with Crippen molar-refractivity contribution in [1.29, 1.82) is 0 Å². The minimum absolute atomic E-state index is 0.187. The van der Waals surface area contributed by atoms with Gasteiger partial charge in [-0.05, 0) is 37.0 Å². The van der Waals surface area contributed by atoms with E-state index in [1.807, 2.05) is 12.1 Å². The molecular weight excluding hydrogens is 280 g/mol. The summed E-state index contributed by atoms with van der Waals surface area (Å²) in [4.78, 5) is 18.7. The summed E-state index contributed by atoms with van der Waals surface area (Å²) in [6.45, 7) is 4.35. The molecule has 0 aromatic carbocycles. The number of piperidine rings is 1. The molecule has 0 radical (unpaired) electrons. The van der Waals surface area contributed by atoms with Crippen LogP contribution < -0.4 is 16.0 Å². The average Bonchev–Trinajstić information content (AvgIpc) is 2.96. The van der Waals surface area contributed by atoms with Crippen LogP contribution in [0.2, 0.25) is 0 Å². The number of amides is 1. The van der Waals surface area contributed by atoms with E-state index in [0.29, 0.717) is 5.69 Å². The first kappa shape index (κ1) is 14.4. The van der Waals surface area contributed by atoms with Gasteiger partial charge in [-0.2, -0.15) is 0 Å². The van der Waals surface area contributed by atoms with E-state index in [2.05, 4.69) is 22.1 Å². The smallest absolute Gasteiger partial charge is 0.291 e. The zero-order chi connectivity index (χ0) is 15.5. The van der Waals surface area contributed by atoms with E-state index in [4.69, 9.17) is 10.2 Å². The highest BCUT2D eigenvalue weighted by atomic mass is 16.4. The zero-order valence-electron chi connectivity index (χ0n) is 12.6. The molecule has 22 heavy (non-hydrogen) atoms. The number of rotatable bonds is 3. The molecule has 2 aromatic rings. The Kier molecular flexibility index (Phi) is 4.00. The lowest BCUT2D eigenvalue weighted by atomic mass is 9.99. The van der Waals surface area contributed by atoms with Gasteiger partial charge in [0.1, 0.15) is 5.82 Å². The van der Waals surface area contributed by atoms with Gasteiger partial charge in [-0.15, -0.1) is 0 Å². The van der Waals surface area contributed by atoms with E-state index < -0.39 is 0 Å². The number of hydrogen-bond donors (Lipinski definition) is 2. The Morgan fingerprint density at radius 2 is 2.09 bits per heavy atom. The molecule has 3 rings (SSSR count). The normalized spacial score (nSPS) is 15.8. The first-order valence-corrected chi connectivity index (χ1v) is 7.49. The highest BCUT2D eigenvalue weighted by Gasteiger charge is 2.17. The number of hydrogen-bond acceptors (Lipinski definition) is 5. The molecule has 2 aromatic heterocycles. The van der Waals surface area contributed by atoms with Crippen LogP contribution in [0.15, 0.2) is 34.9 Å². The molecule has 1 amide bonds. The molecule has 116 valence electrons. The molecule has 3 heterocycles. The standard InChI is InChI=1S/C16H20N4O2/c1-11-6-8-20(9-7-11)15-5-2-12(10-18-15)19-16(21)13-3-4-14(17)22-13/h2-5,10-11H,6-9,17H2,1H3,(H,19,21). The van der Waals surface area contributed by atoms with Gasteiger partial charge in [-0.25, -0.2) is 4.98 Å². The van der Waals surface area contributed by atoms with E-state index in [9.17, 15) is 4.79 Å². The maximum absolute atomic E-state index is 12.0. The fraction of sp³-hybridized carbons (Fsp3) is 0.375. The van der Waals surface area contributed by atoms with Crippen LogP contribution in [0.1, 0.15) is 30.3 Å². The molecule has 6 nitrogen and oxygen atoms in total. The number of nitrogen functional groups attached to an aromatic ring is 1. The van der Waals surface area contributed by atoms with E-state index in [-0.39, 0.29) is 17.6 Å². The zero-order valence-corrected chi connectivity index (χ0v) is 12.6. The Balaban J connectivity index is 1.63. The number of carbonyl (C=O) groups excluding carboxylic acids is 1. The third-order valence-electron chi connectivity index (χ3n) is 3.96. The van der Waals surface area contributed by atoms with Crippen LogP contribution in [0.3, 0.4) is 0 Å². The van der Waals surface area contributed by atoms with Gasteiger partial charge in [0.2, 0.25) is 0 Å². The molecular formula is C16H20N4O2.